The highest BCUT2D eigenvalue weighted by atomic mass is 16.2. The fraction of sp³-hybridized carbons (Fsp3) is 0.281. The van der Waals surface area contributed by atoms with Gasteiger partial charge in [-0.2, -0.15) is 0 Å². The van der Waals surface area contributed by atoms with Crippen LogP contribution >= 0.6 is 0 Å². The Morgan fingerprint density at radius 2 is 1.45 bits per heavy atom. The van der Waals surface area contributed by atoms with Crippen molar-refractivity contribution in [2.24, 2.45) is 27.9 Å². The summed E-state index contributed by atoms with van der Waals surface area (Å²) in [6.07, 6.45) is 1.04. The summed E-state index contributed by atoms with van der Waals surface area (Å²) in [6, 6.07) is 21.3. The standard InChI is InChI=1S/C32H41N9O3/c1-32(23-6-3-2-4-7-23,19-21-9-13-22(14-10-21)27(34)35)30(44)41-26(18-20-11-15-24(33)16-12-20)29(43)40-25(28(36)42)8-5-17-39-31(37)38/h2-4,6-7,9-16,25-26H,5,8,17-19,33H2,1H3,(H3,34,35)(H2,36,42)(H,40,43)(H,41,44)(H4,37,38,39)/t25-,26-,32?/m0/s1. The van der Waals surface area contributed by atoms with Gasteiger partial charge in [-0.3, -0.25) is 24.8 Å². The van der Waals surface area contributed by atoms with Crippen LogP contribution in [0.2, 0.25) is 0 Å². The van der Waals surface area contributed by atoms with E-state index in [1.165, 1.54) is 0 Å². The predicted octanol–water partition coefficient (Wildman–Crippen LogP) is 0.804. The Labute approximate surface area is 257 Å². The second-order valence-corrected chi connectivity index (χ2v) is 10.9. The van der Waals surface area contributed by atoms with Crippen LogP contribution in [0.4, 0.5) is 5.69 Å². The molecule has 0 aliphatic carbocycles. The van der Waals surface area contributed by atoms with Crippen LogP contribution in [-0.2, 0) is 32.6 Å². The molecule has 44 heavy (non-hydrogen) atoms. The van der Waals surface area contributed by atoms with Crippen molar-refractivity contribution in [1.82, 2.24) is 10.6 Å². The fourth-order valence-electron chi connectivity index (χ4n) is 4.81. The minimum atomic E-state index is -1.10. The number of benzene rings is 3. The average Bonchev–Trinajstić information content (AvgIpc) is 2.99. The molecule has 0 saturated carbocycles. The number of amidine groups is 1. The fourth-order valence-corrected chi connectivity index (χ4v) is 4.81. The van der Waals surface area contributed by atoms with Crippen LogP contribution in [0.25, 0.3) is 0 Å². The molecule has 13 N–H and O–H groups in total. The maximum Gasteiger partial charge on any atom is 0.243 e. The van der Waals surface area contributed by atoms with Crippen molar-refractivity contribution >= 4 is 35.2 Å². The lowest BCUT2D eigenvalue weighted by Crippen LogP contribution is -2.56. The maximum absolute atomic E-state index is 14.2. The summed E-state index contributed by atoms with van der Waals surface area (Å²) < 4.78 is 0. The van der Waals surface area contributed by atoms with Gasteiger partial charge in [-0.25, -0.2) is 0 Å². The third-order valence-corrected chi connectivity index (χ3v) is 7.38. The molecule has 0 aliphatic heterocycles. The molecular formula is C32H41N9O3. The van der Waals surface area contributed by atoms with Gasteiger partial charge in [0.25, 0.3) is 0 Å². The predicted molar refractivity (Wildman–Crippen MR) is 172 cm³/mol. The minimum absolute atomic E-state index is 0.0536. The lowest BCUT2D eigenvalue weighted by Gasteiger charge is -2.32. The number of nitrogens with zero attached hydrogens (tertiary/aromatic N) is 1. The van der Waals surface area contributed by atoms with Gasteiger partial charge in [0.05, 0.1) is 5.41 Å². The van der Waals surface area contributed by atoms with Crippen molar-refractivity contribution in [3.63, 3.8) is 0 Å². The lowest BCUT2D eigenvalue weighted by molar-refractivity contribution is -0.133. The molecule has 0 aliphatic rings. The van der Waals surface area contributed by atoms with Gasteiger partial charge in [-0.1, -0.05) is 66.7 Å². The largest absolute Gasteiger partial charge is 0.399 e. The number of rotatable bonds is 15. The molecule has 3 amide bonds. The topological polar surface area (TPSA) is 242 Å². The van der Waals surface area contributed by atoms with Crippen molar-refractivity contribution in [2.75, 3.05) is 12.3 Å². The number of hydrogen-bond acceptors (Lipinski definition) is 6. The van der Waals surface area contributed by atoms with E-state index in [4.69, 9.17) is 34.1 Å². The number of anilines is 1. The van der Waals surface area contributed by atoms with Gasteiger partial charge in [0.2, 0.25) is 17.7 Å². The molecule has 0 fully saturated rings. The summed E-state index contributed by atoms with van der Waals surface area (Å²) in [6.45, 7) is 2.07. The van der Waals surface area contributed by atoms with Crippen molar-refractivity contribution in [3.05, 3.63) is 101 Å². The second kappa shape index (κ2) is 15.2. The Bertz CT molecular complexity index is 1470. The van der Waals surface area contributed by atoms with Crippen molar-refractivity contribution in [3.8, 4) is 0 Å². The van der Waals surface area contributed by atoms with Crippen LogP contribution in [0.5, 0.6) is 0 Å². The molecule has 3 aromatic rings. The number of nitrogens with one attached hydrogen (secondary N) is 3. The normalized spacial score (nSPS) is 13.5. The molecule has 232 valence electrons. The molecule has 0 aromatic heterocycles. The van der Waals surface area contributed by atoms with Crippen LogP contribution < -0.4 is 39.3 Å². The summed E-state index contributed by atoms with van der Waals surface area (Å²) in [7, 11) is 0. The first kappa shape index (κ1) is 33.1. The SMILES string of the molecule is CC(Cc1ccc(C(=N)N)cc1)(C(=O)N[C@@H](Cc1ccc(N)cc1)C(=O)N[C@@H](CCCN=C(N)N)C(N)=O)c1ccccc1. The Balaban J connectivity index is 1.91. The minimum Gasteiger partial charge on any atom is -0.399 e. The zero-order valence-corrected chi connectivity index (χ0v) is 24.8. The number of amides is 3. The van der Waals surface area contributed by atoms with Gasteiger partial charge in [0, 0.05) is 24.2 Å². The van der Waals surface area contributed by atoms with E-state index in [0.717, 1.165) is 16.7 Å². The zero-order chi connectivity index (χ0) is 32.3. The van der Waals surface area contributed by atoms with Crippen LogP contribution in [0, 0.1) is 5.41 Å². The van der Waals surface area contributed by atoms with Crippen LogP contribution in [0.1, 0.15) is 42.0 Å². The zero-order valence-electron chi connectivity index (χ0n) is 24.8. The molecule has 3 rings (SSSR count). The van der Waals surface area contributed by atoms with Gasteiger partial charge in [0.1, 0.15) is 17.9 Å². The highest BCUT2D eigenvalue weighted by molar-refractivity contribution is 5.96. The molecule has 0 radical (unpaired) electrons. The molecule has 12 heteroatoms. The van der Waals surface area contributed by atoms with Crippen molar-refractivity contribution < 1.29 is 14.4 Å². The van der Waals surface area contributed by atoms with Gasteiger partial charge in [-0.05, 0) is 55.0 Å². The third-order valence-electron chi connectivity index (χ3n) is 7.38. The highest BCUT2D eigenvalue weighted by Gasteiger charge is 2.38. The van der Waals surface area contributed by atoms with Gasteiger partial charge >= 0.3 is 0 Å². The van der Waals surface area contributed by atoms with E-state index in [-0.39, 0.29) is 31.2 Å². The summed E-state index contributed by atoms with van der Waals surface area (Å²) in [5, 5.41) is 13.3. The molecule has 0 heterocycles. The monoisotopic (exact) mass is 599 g/mol. The number of guanidine groups is 1. The van der Waals surface area contributed by atoms with E-state index in [0.29, 0.717) is 24.1 Å². The molecule has 0 bridgehead atoms. The molecular weight excluding hydrogens is 558 g/mol. The van der Waals surface area contributed by atoms with Crippen LogP contribution in [0.3, 0.4) is 0 Å². The first-order chi connectivity index (χ1) is 20.9. The summed E-state index contributed by atoms with van der Waals surface area (Å²) in [5.41, 5.74) is 30.2. The highest BCUT2D eigenvalue weighted by Crippen LogP contribution is 2.29. The number of nitrogens with two attached hydrogens (primary N) is 5. The number of aliphatic imine (C=N–C) groups is 1. The van der Waals surface area contributed by atoms with Crippen molar-refractivity contribution in [2.45, 2.75) is 50.1 Å². The molecule has 0 saturated heterocycles. The molecule has 3 atom stereocenters. The first-order valence-electron chi connectivity index (χ1n) is 14.2. The number of hydrogen-bond donors (Lipinski definition) is 8. The van der Waals surface area contributed by atoms with E-state index in [1.54, 1.807) is 36.4 Å². The van der Waals surface area contributed by atoms with Crippen LogP contribution in [0.15, 0.2) is 83.9 Å². The quantitative estimate of drug-likeness (QED) is 0.0540. The Hall–Kier alpha value is -5.39. The average molecular weight is 600 g/mol. The smallest absolute Gasteiger partial charge is 0.243 e. The number of carbonyl (C=O) groups excluding carboxylic acids is 3. The van der Waals surface area contributed by atoms with E-state index in [1.807, 2.05) is 49.4 Å². The van der Waals surface area contributed by atoms with E-state index in [9.17, 15) is 14.4 Å². The Morgan fingerprint density at radius 1 is 0.841 bits per heavy atom. The van der Waals surface area contributed by atoms with E-state index >= 15 is 0 Å². The number of carbonyl (C=O) groups is 3. The number of nitrogen functional groups attached to an aromatic ring is 2. The Kier molecular flexibility index (Phi) is 11.4. The summed E-state index contributed by atoms with van der Waals surface area (Å²) in [4.78, 5) is 44.0. The van der Waals surface area contributed by atoms with Crippen molar-refractivity contribution in [1.29, 1.82) is 5.41 Å². The van der Waals surface area contributed by atoms with Gasteiger partial charge in [0.15, 0.2) is 5.96 Å². The van der Waals surface area contributed by atoms with Gasteiger partial charge < -0.3 is 39.3 Å². The lowest BCUT2D eigenvalue weighted by atomic mass is 9.76. The molecule has 12 nitrogen and oxygen atoms in total. The van der Waals surface area contributed by atoms with E-state index in [2.05, 4.69) is 15.6 Å². The second-order valence-electron chi connectivity index (χ2n) is 10.9. The van der Waals surface area contributed by atoms with Crippen LogP contribution in [-0.4, -0.2) is 48.1 Å². The molecule has 3 aromatic carbocycles. The Morgan fingerprint density at radius 3 is 2.02 bits per heavy atom. The van der Waals surface area contributed by atoms with E-state index < -0.39 is 35.2 Å². The summed E-state index contributed by atoms with van der Waals surface area (Å²) in [5.74, 6) is -1.81. The first-order valence-corrected chi connectivity index (χ1v) is 14.2. The number of primary amides is 1. The van der Waals surface area contributed by atoms with Gasteiger partial charge in [-0.15, -0.1) is 0 Å². The molecule has 0 spiro atoms. The third kappa shape index (κ3) is 9.31. The summed E-state index contributed by atoms with van der Waals surface area (Å²) >= 11 is 0. The maximum atomic E-state index is 14.2. The molecule has 1 unspecified atom stereocenters.